The van der Waals surface area contributed by atoms with Crippen LogP contribution in [0.2, 0.25) is 0 Å². The molecule has 0 aromatic carbocycles. The van der Waals surface area contributed by atoms with Crippen molar-refractivity contribution in [2.75, 3.05) is 0 Å². The highest BCUT2D eigenvalue weighted by Gasteiger charge is 2.16. The van der Waals surface area contributed by atoms with Crippen LogP contribution in [0.3, 0.4) is 0 Å². The van der Waals surface area contributed by atoms with Gasteiger partial charge in [-0.25, -0.2) is 0 Å². The highest BCUT2D eigenvalue weighted by molar-refractivity contribution is 5.72. The zero-order valence-electron chi connectivity index (χ0n) is 7.12. The Morgan fingerprint density at radius 3 is 2.17 bits per heavy atom. The molecule has 0 aliphatic carbocycles. The zero-order valence-corrected chi connectivity index (χ0v) is 7.12. The van der Waals surface area contributed by atoms with E-state index in [1.807, 2.05) is 6.92 Å². The van der Waals surface area contributed by atoms with Crippen LogP contribution >= 0.6 is 0 Å². The fourth-order valence-electron chi connectivity index (χ4n) is 1.04. The Labute approximate surface area is 71.2 Å². The van der Waals surface area contributed by atoms with E-state index in [0.29, 0.717) is 6.42 Å². The Bertz CT molecular complexity index is 164. The van der Waals surface area contributed by atoms with Crippen molar-refractivity contribution in [1.82, 2.24) is 0 Å². The first-order valence-corrected chi connectivity index (χ1v) is 4.02. The van der Waals surface area contributed by atoms with E-state index >= 15 is 0 Å². The lowest BCUT2D eigenvalue weighted by Gasteiger charge is -2.08. The zero-order chi connectivity index (χ0) is 9.56. The minimum atomic E-state index is -0.933. The lowest BCUT2D eigenvalue weighted by Crippen LogP contribution is -2.14. The summed E-state index contributed by atoms with van der Waals surface area (Å²) in [7, 11) is 0. The first-order chi connectivity index (χ1) is 5.57. The number of rotatable bonds is 6. The summed E-state index contributed by atoms with van der Waals surface area (Å²) < 4.78 is 0. The van der Waals surface area contributed by atoms with Crippen molar-refractivity contribution in [1.29, 1.82) is 0 Å². The van der Waals surface area contributed by atoms with Gasteiger partial charge in [-0.2, -0.15) is 0 Å². The third-order valence-electron chi connectivity index (χ3n) is 1.69. The third kappa shape index (κ3) is 4.71. The molecule has 0 radical (unpaired) electrons. The van der Waals surface area contributed by atoms with Crippen molar-refractivity contribution in [3.8, 4) is 0 Å². The topological polar surface area (TPSA) is 74.6 Å². The molecule has 0 fully saturated rings. The third-order valence-corrected chi connectivity index (χ3v) is 1.69. The molecule has 4 heteroatoms. The fraction of sp³-hybridized carbons (Fsp3) is 0.750. The molecule has 0 aromatic rings. The highest BCUT2D eigenvalue weighted by Crippen LogP contribution is 2.13. The van der Waals surface area contributed by atoms with E-state index < -0.39 is 17.9 Å². The minimum absolute atomic E-state index is 0.0586. The summed E-state index contributed by atoms with van der Waals surface area (Å²) >= 11 is 0. The van der Waals surface area contributed by atoms with Crippen LogP contribution in [0, 0.1) is 5.92 Å². The molecule has 0 heterocycles. The molecule has 0 saturated carbocycles. The number of hydrogen-bond donors (Lipinski definition) is 2. The number of carboxylic acid groups (broad SMARTS) is 2. The van der Waals surface area contributed by atoms with Gasteiger partial charge in [-0.05, 0) is 12.8 Å². The fourth-order valence-corrected chi connectivity index (χ4v) is 1.04. The second-order valence-corrected chi connectivity index (χ2v) is 2.76. The van der Waals surface area contributed by atoms with Crippen LogP contribution in [0.15, 0.2) is 0 Å². The summed E-state index contributed by atoms with van der Waals surface area (Å²) in [5.74, 6) is -2.32. The Morgan fingerprint density at radius 2 is 1.83 bits per heavy atom. The molecule has 0 aliphatic rings. The minimum Gasteiger partial charge on any atom is -0.481 e. The van der Waals surface area contributed by atoms with Crippen molar-refractivity contribution in [2.24, 2.45) is 5.92 Å². The molecular weight excluding hydrogens is 160 g/mol. The number of carbonyl (C=O) groups is 2. The molecule has 0 amide bonds. The van der Waals surface area contributed by atoms with Crippen LogP contribution < -0.4 is 0 Å². The lowest BCUT2D eigenvalue weighted by atomic mass is 9.98. The molecule has 12 heavy (non-hydrogen) atoms. The van der Waals surface area contributed by atoms with Crippen LogP contribution in [0.1, 0.15) is 32.6 Å². The normalized spacial score (nSPS) is 12.4. The number of carboxylic acids is 2. The van der Waals surface area contributed by atoms with Gasteiger partial charge in [-0.1, -0.05) is 13.3 Å². The van der Waals surface area contributed by atoms with E-state index in [4.69, 9.17) is 10.2 Å². The quantitative estimate of drug-likeness (QED) is 0.637. The molecule has 0 saturated heterocycles. The summed E-state index contributed by atoms with van der Waals surface area (Å²) in [6.45, 7) is 1.89. The smallest absolute Gasteiger partial charge is 0.306 e. The van der Waals surface area contributed by atoms with E-state index in [9.17, 15) is 9.59 Å². The molecule has 0 aromatic heterocycles. The van der Waals surface area contributed by atoms with Gasteiger partial charge in [0.25, 0.3) is 0 Å². The molecule has 70 valence electrons. The number of aliphatic carboxylic acids is 2. The summed E-state index contributed by atoms with van der Waals surface area (Å²) in [5.41, 5.74) is 0. The maximum Gasteiger partial charge on any atom is 0.306 e. The largest absolute Gasteiger partial charge is 0.481 e. The van der Waals surface area contributed by atoms with Crippen molar-refractivity contribution >= 4 is 11.9 Å². The van der Waals surface area contributed by atoms with Gasteiger partial charge in [0.05, 0.1) is 5.92 Å². The van der Waals surface area contributed by atoms with Gasteiger partial charge in [-0.3, -0.25) is 9.59 Å². The van der Waals surface area contributed by atoms with E-state index in [0.717, 1.165) is 6.42 Å². The highest BCUT2D eigenvalue weighted by atomic mass is 16.4. The number of hydrogen-bond acceptors (Lipinski definition) is 2. The van der Waals surface area contributed by atoms with Gasteiger partial charge in [0.1, 0.15) is 0 Å². The molecule has 0 aliphatic heterocycles. The summed E-state index contributed by atoms with van der Waals surface area (Å²) in [6, 6.07) is 0. The van der Waals surface area contributed by atoms with Gasteiger partial charge in [-0.15, -0.1) is 0 Å². The molecule has 0 unspecified atom stereocenters. The maximum absolute atomic E-state index is 10.5. The van der Waals surface area contributed by atoms with E-state index in [2.05, 4.69) is 0 Å². The van der Waals surface area contributed by atoms with E-state index in [1.54, 1.807) is 0 Å². The Morgan fingerprint density at radius 1 is 1.25 bits per heavy atom. The van der Waals surface area contributed by atoms with Gasteiger partial charge >= 0.3 is 11.9 Å². The molecule has 4 nitrogen and oxygen atoms in total. The van der Waals surface area contributed by atoms with Crippen LogP contribution in [0.25, 0.3) is 0 Å². The Kier molecular flexibility index (Phi) is 5.08. The SMILES string of the molecule is CCC[C@@H](CCC(=O)O)C(=O)O. The Hall–Kier alpha value is -1.06. The summed E-state index contributed by atoms with van der Waals surface area (Å²) in [6.07, 6.45) is 1.51. The van der Waals surface area contributed by atoms with Crippen molar-refractivity contribution in [3.05, 3.63) is 0 Å². The lowest BCUT2D eigenvalue weighted by molar-refractivity contribution is -0.143. The van der Waals surface area contributed by atoms with Gasteiger partial charge < -0.3 is 10.2 Å². The van der Waals surface area contributed by atoms with Gasteiger partial charge in [0.2, 0.25) is 0 Å². The van der Waals surface area contributed by atoms with Crippen LogP contribution in [-0.4, -0.2) is 22.2 Å². The average Bonchev–Trinajstić information content (AvgIpc) is 1.96. The first-order valence-electron chi connectivity index (χ1n) is 4.02. The van der Waals surface area contributed by atoms with Crippen molar-refractivity contribution in [2.45, 2.75) is 32.6 Å². The first kappa shape index (κ1) is 10.9. The maximum atomic E-state index is 10.5. The molecular formula is C8H14O4. The predicted octanol–water partition coefficient (Wildman–Crippen LogP) is 1.35. The van der Waals surface area contributed by atoms with E-state index in [-0.39, 0.29) is 12.8 Å². The van der Waals surface area contributed by atoms with Crippen molar-refractivity contribution < 1.29 is 19.8 Å². The summed E-state index contributed by atoms with van der Waals surface area (Å²) in [5, 5.41) is 16.9. The molecule has 0 bridgehead atoms. The van der Waals surface area contributed by atoms with Crippen LogP contribution in [-0.2, 0) is 9.59 Å². The molecule has 0 spiro atoms. The van der Waals surface area contributed by atoms with Crippen molar-refractivity contribution in [3.63, 3.8) is 0 Å². The second-order valence-electron chi connectivity index (χ2n) is 2.76. The van der Waals surface area contributed by atoms with Gasteiger partial charge in [0, 0.05) is 6.42 Å². The molecule has 0 rings (SSSR count). The summed E-state index contributed by atoms with van der Waals surface area (Å²) in [4.78, 5) is 20.6. The predicted molar refractivity (Wildman–Crippen MR) is 42.9 cm³/mol. The van der Waals surface area contributed by atoms with Crippen LogP contribution in [0.4, 0.5) is 0 Å². The molecule has 2 N–H and O–H groups in total. The monoisotopic (exact) mass is 174 g/mol. The average molecular weight is 174 g/mol. The standard InChI is InChI=1S/C8H14O4/c1-2-3-6(8(11)12)4-5-7(9)10/h6H,2-5H2,1H3,(H,9,10)(H,11,12)/t6-/m0/s1. The van der Waals surface area contributed by atoms with Gasteiger partial charge in [0.15, 0.2) is 0 Å². The molecule has 1 atom stereocenters. The Balaban J connectivity index is 3.79. The van der Waals surface area contributed by atoms with Crippen LogP contribution in [0.5, 0.6) is 0 Å². The van der Waals surface area contributed by atoms with E-state index in [1.165, 1.54) is 0 Å². The second kappa shape index (κ2) is 5.57.